The largest absolute Gasteiger partial charge is 0.347 e. The molecule has 0 unspecified atom stereocenters. The predicted molar refractivity (Wildman–Crippen MR) is 117 cm³/mol. The van der Waals surface area contributed by atoms with E-state index in [2.05, 4.69) is 34.9 Å². The highest BCUT2D eigenvalue weighted by Crippen LogP contribution is 2.25. The van der Waals surface area contributed by atoms with Gasteiger partial charge in [0.2, 0.25) is 5.91 Å². The summed E-state index contributed by atoms with van der Waals surface area (Å²) in [7, 11) is 5.40. The fourth-order valence-corrected chi connectivity index (χ4v) is 3.03. The van der Waals surface area contributed by atoms with Gasteiger partial charge in [-0.3, -0.25) is 14.3 Å². The van der Waals surface area contributed by atoms with E-state index in [1.54, 1.807) is 26.4 Å². The van der Waals surface area contributed by atoms with Gasteiger partial charge in [0.15, 0.2) is 5.82 Å². The van der Waals surface area contributed by atoms with Crippen LogP contribution in [0.25, 0.3) is 10.9 Å². The van der Waals surface area contributed by atoms with Crippen LogP contribution >= 0.6 is 0 Å². The number of aromatic nitrogens is 3. The Kier molecular flexibility index (Phi) is 7.20. The van der Waals surface area contributed by atoms with Crippen molar-refractivity contribution in [3.05, 3.63) is 47.8 Å². The fraction of sp³-hybridized carbons (Fsp3) is 0.409. The van der Waals surface area contributed by atoms with E-state index in [-0.39, 0.29) is 18.4 Å². The topological polar surface area (TPSA) is 72.2 Å². The summed E-state index contributed by atoms with van der Waals surface area (Å²) in [6.45, 7) is 8.44. The maximum Gasteiger partial charge on any atom is 0.256 e. The minimum absolute atomic E-state index is 0.0638. The lowest BCUT2D eigenvalue weighted by Gasteiger charge is -2.09. The van der Waals surface area contributed by atoms with Crippen molar-refractivity contribution in [3.63, 3.8) is 0 Å². The van der Waals surface area contributed by atoms with Gasteiger partial charge in [-0.25, -0.2) is 0 Å². The van der Waals surface area contributed by atoms with Crippen molar-refractivity contribution in [2.45, 2.75) is 40.2 Å². The number of hydrogen-bond acceptors (Lipinski definition) is 3. The molecule has 0 aliphatic heterocycles. The zero-order chi connectivity index (χ0) is 21.7. The summed E-state index contributed by atoms with van der Waals surface area (Å²) in [5.41, 5.74) is 2.82. The van der Waals surface area contributed by atoms with E-state index in [0.717, 1.165) is 10.9 Å². The summed E-state index contributed by atoms with van der Waals surface area (Å²) in [5, 5.41) is 8.14. The second kappa shape index (κ2) is 9.41. The Morgan fingerprint density at radius 3 is 2.45 bits per heavy atom. The number of benzene rings is 1. The molecule has 0 spiro atoms. The first-order chi connectivity index (χ1) is 13.8. The number of carbonyl (C=O) groups is 2. The van der Waals surface area contributed by atoms with Crippen molar-refractivity contribution >= 4 is 28.5 Å². The van der Waals surface area contributed by atoms with Crippen LogP contribution in [0.5, 0.6) is 0 Å². The van der Waals surface area contributed by atoms with Crippen LogP contribution < -0.4 is 5.32 Å². The number of nitrogens with one attached hydrogen (secondary N) is 1. The van der Waals surface area contributed by atoms with Gasteiger partial charge in [-0.15, -0.1) is 0 Å². The van der Waals surface area contributed by atoms with Gasteiger partial charge in [0.1, 0.15) is 6.54 Å². The van der Waals surface area contributed by atoms with Gasteiger partial charge in [-0.05, 0) is 29.5 Å². The summed E-state index contributed by atoms with van der Waals surface area (Å²) >= 11 is 0. The third-order valence-electron chi connectivity index (χ3n) is 4.61. The zero-order valence-electron chi connectivity index (χ0n) is 18.4. The van der Waals surface area contributed by atoms with E-state index < -0.39 is 0 Å². The number of aryl methyl sites for hydroxylation is 1. The van der Waals surface area contributed by atoms with Crippen molar-refractivity contribution in [2.75, 3.05) is 19.4 Å². The van der Waals surface area contributed by atoms with Gasteiger partial charge < -0.3 is 14.8 Å². The summed E-state index contributed by atoms with van der Waals surface area (Å²) < 4.78 is 3.63. The summed E-state index contributed by atoms with van der Waals surface area (Å²) in [5.74, 6) is 0.536. The molecule has 3 rings (SSSR count). The zero-order valence-corrected chi connectivity index (χ0v) is 18.4. The first-order valence-corrected chi connectivity index (χ1v) is 9.90. The van der Waals surface area contributed by atoms with Crippen LogP contribution in [0.15, 0.2) is 36.5 Å². The van der Waals surface area contributed by atoms with E-state index in [1.165, 1.54) is 15.3 Å². The first kappa shape index (κ1) is 22.2. The van der Waals surface area contributed by atoms with E-state index in [9.17, 15) is 9.59 Å². The molecule has 7 nitrogen and oxygen atoms in total. The Hall–Kier alpha value is -3.09. The maximum atomic E-state index is 12.6. The van der Waals surface area contributed by atoms with Crippen LogP contribution in [0.4, 0.5) is 5.82 Å². The molecule has 0 fully saturated rings. The number of fused-ring (bicyclic) bond motifs is 1. The second-order valence-electron chi connectivity index (χ2n) is 7.20. The van der Waals surface area contributed by atoms with Crippen molar-refractivity contribution in [3.8, 4) is 0 Å². The summed E-state index contributed by atoms with van der Waals surface area (Å²) in [6.07, 6.45) is 1.67. The normalized spacial score (nSPS) is 10.6. The van der Waals surface area contributed by atoms with E-state index in [4.69, 9.17) is 0 Å². The lowest BCUT2D eigenvalue weighted by molar-refractivity contribution is -0.129. The molecule has 3 aromatic rings. The Morgan fingerprint density at radius 1 is 1.14 bits per heavy atom. The lowest BCUT2D eigenvalue weighted by Crippen LogP contribution is -2.26. The quantitative estimate of drug-likeness (QED) is 0.710. The van der Waals surface area contributed by atoms with Gasteiger partial charge in [0.05, 0.1) is 0 Å². The van der Waals surface area contributed by atoms with Crippen LogP contribution in [0.2, 0.25) is 0 Å². The average molecular weight is 398 g/mol. The van der Waals surface area contributed by atoms with Gasteiger partial charge in [0.25, 0.3) is 5.91 Å². The van der Waals surface area contributed by atoms with Crippen LogP contribution in [-0.2, 0) is 18.4 Å². The number of carbonyl (C=O) groups excluding carboxylic acids is 2. The lowest BCUT2D eigenvalue weighted by atomic mass is 10.1. The van der Waals surface area contributed by atoms with E-state index in [0.29, 0.717) is 17.3 Å². The minimum atomic E-state index is -0.228. The molecule has 0 bridgehead atoms. The standard InChI is InChI=1S/C20H25N5O2.C2H6/c1-13(2)16-10-14-6-7-15(11-17(14)24(16)5)20(27)21-18-8-9-25(22-18)12-19(26)23(3)4;1-2/h6-11,13H,12H2,1-5H3,(H,21,22,27);1-2H3. The monoisotopic (exact) mass is 397 g/mol. The highest BCUT2D eigenvalue weighted by Gasteiger charge is 2.14. The number of hydrogen-bond donors (Lipinski definition) is 1. The van der Waals surface area contributed by atoms with Gasteiger partial charge >= 0.3 is 0 Å². The Morgan fingerprint density at radius 2 is 1.83 bits per heavy atom. The van der Waals surface area contributed by atoms with Gasteiger partial charge in [-0.1, -0.05) is 33.8 Å². The SMILES string of the molecule is CC.CC(C)c1cc2ccc(C(=O)Nc3ccn(CC(=O)N(C)C)n3)cc2n1C. The Labute approximate surface area is 172 Å². The number of amides is 2. The van der Waals surface area contributed by atoms with Crippen molar-refractivity contribution < 1.29 is 9.59 Å². The molecular formula is C22H31N5O2. The molecule has 156 valence electrons. The molecule has 0 saturated carbocycles. The minimum Gasteiger partial charge on any atom is -0.347 e. The van der Waals surface area contributed by atoms with Gasteiger partial charge in [0, 0.05) is 50.2 Å². The summed E-state index contributed by atoms with van der Waals surface area (Å²) in [4.78, 5) is 25.9. The van der Waals surface area contributed by atoms with Crippen LogP contribution in [0, 0.1) is 0 Å². The molecule has 0 aliphatic carbocycles. The maximum absolute atomic E-state index is 12.6. The molecule has 2 heterocycles. The summed E-state index contributed by atoms with van der Waals surface area (Å²) in [6, 6.07) is 9.51. The molecule has 1 aromatic carbocycles. The molecule has 2 amide bonds. The molecule has 29 heavy (non-hydrogen) atoms. The Bertz CT molecular complexity index is 998. The van der Waals surface area contributed by atoms with Crippen LogP contribution in [0.3, 0.4) is 0 Å². The van der Waals surface area contributed by atoms with Crippen molar-refractivity contribution in [2.24, 2.45) is 7.05 Å². The number of likely N-dealkylation sites (N-methyl/N-ethyl adjacent to an activating group) is 1. The smallest absolute Gasteiger partial charge is 0.256 e. The molecule has 0 atom stereocenters. The molecule has 0 radical (unpaired) electrons. The highest BCUT2D eigenvalue weighted by molar-refractivity contribution is 6.05. The van der Waals surface area contributed by atoms with Crippen molar-refractivity contribution in [1.82, 2.24) is 19.2 Å². The molecular weight excluding hydrogens is 366 g/mol. The van der Waals surface area contributed by atoms with E-state index >= 15 is 0 Å². The number of nitrogens with zero attached hydrogens (tertiary/aromatic N) is 4. The van der Waals surface area contributed by atoms with E-state index in [1.807, 2.05) is 39.1 Å². The fourth-order valence-electron chi connectivity index (χ4n) is 3.03. The predicted octanol–water partition coefficient (Wildman–Crippen LogP) is 3.86. The third kappa shape index (κ3) is 5.04. The average Bonchev–Trinajstić information content (AvgIpc) is 3.27. The van der Waals surface area contributed by atoms with Gasteiger partial charge in [-0.2, -0.15) is 5.10 Å². The second-order valence-corrected chi connectivity index (χ2v) is 7.20. The molecule has 7 heteroatoms. The highest BCUT2D eigenvalue weighted by atomic mass is 16.2. The molecule has 2 aromatic heterocycles. The van der Waals surface area contributed by atoms with Crippen molar-refractivity contribution in [1.29, 1.82) is 0 Å². The molecule has 1 N–H and O–H groups in total. The molecule has 0 saturated heterocycles. The first-order valence-electron chi connectivity index (χ1n) is 9.90. The van der Waals surface area contributed by atoms with Crippen LogP contribution in [-0.4, -0.2) is 45.2 Å². The number of rotatable bonds is 5. The number of anilines is 1. The van der Waals surface area contributed by atoms with Crippen LogP contribution in [0.1, 0.15) is 49.7 Å². The molecule has 0 aliphatic rings. The Balaban J connectivity index is 0.00000145. The third-order valence-corrected chi connectivity index (χ3v) is 4.61.